The molecule has 0 bridgehead atoms. The molecule has 278 valence electrons. The molecule has 17 heteroatoms. The molecule has 3 aliphatic carbocycles. The number of allylic oxidation sites excluding steroid dienone is 4. The number of alkyl halides is 9. The maximum atomic E-state index is 15.6. The summed E-state index contributed by atoms with van der Waals surface area (Å²) in [5, 5.41) is 9.36. The number of carbonyl (C=O) groups excluding carboxylic acids is 1. The molecule has 53 heavy (non-hydrogen) atoms. The molecular weight excluding hydrogens is 730 g/mol. The van der Waals surface area contributed by atoms with Gasteiger partial charge in [0.2, 0.25) is 0 Å². The number of methoxy groups -OCH3 is 1. The SMILES string of the molecule is COc1cc(F)c(-c2ccc(C(=O)O)cc2C)cc1-c1ccc(C(F)(F)F)nc1CN1C(=O)O[C@]2(C3=CC(C(F)(F)F)=CC(C(F)(F)F)=CC32)C12CC2. The van der Waals surface area contributed by atoms with Gasteiger partial charge in [-0.3, -0.25) is 4.90 Å². The van der Waals surface area contributed by atoms with Crippen molar-refractivity contribution < 1.29 is 68.1 Å². The first-order chi connectivity index (χ1) is 24.6. The van der Waals surface area contributed by atoms with Gasteiger partial charge in [0.15, 0.2) is 5.60 Å². The maximum Gasteiger partial charge on any atom is 0.433 e. The molecule has 2 spiro atoms. The minimum atomic E-state index is -5.20. The van der Waals surface area contributed by atoms with Gasteiger partial charge in [0.25, 0.3) is 0 Å². The van der Waals surface area contributed by atoms with Crippen LogP contribution in [0.3, 0.4) is 0 Å². The number of carboxylic acid groups (broad SMARTS) is 1. The van der Waals surface area contributed by atoms with E-state index in [1.165, 1.54) is 38.3 Å². The Morgan fingerprint density at radius 3 is 2.13 bits per heavy atom. The zero-order valence-corrected chi connectivity index (χ0v) is 27.2. The van der Waals surface area contributed by atoms with Gasteiger partial charge in [-0.05, 0) is 72.9 Å². The summed E-state index contributed by atoms with van der Waals surface area (Å²) in [6.45, 7) is 0.785. The van der Waals surface area contributed by atoms with Crippen molar-refractivity contribution in [1.82, 2.24) is 9.88 Å². The summed E-state index contributed by atoms with van der Waals surface area (Å²) in [7, 11) is 1.17. The minimum Gasteiger partial charge on any atom is -0.496 e. The Balaban J connectivity index is 1.34. The van der Waals surface area contributed by atoms with Crippen molar-refractivity contribution in [1.29, 1.82) is 0 Å². The highest BCUT2D eigenvalue weighted by molar-refractivity contribution is 5.89. The number of rotatable bonds is 6. The molecule has 7 rings (SSSR count). The van der Waals surface area contributed by atoms with Gasteiger partial charge in [-0.2, -0.15) is 39.5 Å². The second-order valence-corrected chi connectivity index (χ2v) is 13.1. The van der Waals surface area contributed by atoms with E-state index in [0.717, 1.165) is 17.0 Å². The number of benzene rings is 2. The van der Waals surface area contributed by atoms with Crippen LogP contribution in [0.1, 0.15) is 40.2 Å². The van der Waals surface area contributed by atoms with E-state index < -0.39 is 82.5 Å². The summed E-state index contributed by atoms with van der Waals surface area (Å²) < 4.78 is 152. The maximum absolute atomic E-state index is 15.6. The van der Waals surface area contributed by atoms with Gasteiger partial charge in [0, 0.05) is 28.7 Å². The van der Waals surface area contributed by atoms with Gasteiger partial charge in [0.1, 0.15) is 17.3 Å². The second kappa shape index (κ2) is 11.6. The fourth-order valence-corrected chi connectivity index (χ4v) is 7.44. The highest BCUT2D eigenvalue weighted by atomic mass is 19.4. The van der Waals surface area contributed by atoms with Crippen LogP contribution in [0.5, 0.6) is 5.75 Å². The predicted octanol–water partition coefficient (Wildman–Crippen LogP) is 9.36. The number of aryl methyl sites for hydroxylation is 1. The van der Waals surface area contributed by atoms with Crippen LogP contribution in [-0.4, -0.2) is 57.7 Å². The Morgan fingerprint density at radius 2 is 1.57 bits per heavy atom. The highest BCUT2D eigenvalue weighted by Gasteiger charge is 2.84. The van der Waals surface area contributed by atoms with Crippen molar-refractivity contribution in [3.05, 3.63) is 106 Å². The third-order valence-corrected chi connectivity index (χ3v) is 10.1. The molecule has 7 nitrogen and oxygen atoms in total. The number of amides is 1. The fourth-order valence-electron chi connectivity index (χ4n) is 7.44. The van der Waals surface area contributed by atoms with Crippen LogP contribution >= 0.6 is 0 Å². The first kappa shape index (κ1) is 36.0. The Labute approximate surface area is 292 Å². The van der Waals surface area contributed by atoms with E-state index in [1.54, 1.807) is 0 Å². The lowest BCUT2D eigenvalue weighted by atomic mass is 9.93. The molecule has 0 radical (unpaired) electrons. The number of pyridine rings is 1. The van der Waals surface area contributed by atoms with Crippen LogP contribution in [-0.2, 0) is 17.5 Å². The molecule has 2 saturated carbocycles. The van der Waals surface area contributed by atoms with Crippen LogP contribution in [0, 0.1) is 18.7 Å². The summed E-state index contributed by atoms with van der Waals surface area (Å²) >= 11 is 0. The quantitative estimate of drug-likeness (QED) is 0.253. The fraction of sp³-hybridized carbons (Fsp3) is 0.306. The summed E-state index contributed by atoms with van der Waals surface area (Å²) in [5.41, 5.74) is -8.39. The summed E-state index contributed by atoms with van der Waals surface area (Å²) in [6, 6.07) is 7.74. The predicted molar refractivity (Wildman–Crippen MR) is 165 cm³/mol. The molecule has 3 aromatic rings. The van der Waals surface area contributed by atoms with Crippen LogP contribution < -0.4 is 4.74 Å². The number of carboxylic acids is 1. The van der Waals surface area contributed by atoms with E-state index >= 15 is 4.39 Å². The average molecular weight is 755 g/mol. The molecule has 2 heterocycles. The van der Waals surface area contributed by atoms with Crippen molar-refractivity contribution in [2.75, 3.05) is 7.11 Å². The summed E-state index contributed by atoms with van der Waals surface area (Å²) in [5.74, 6) is -3.64. The normalized spacial score (nSPS) is 21.8. The van der Waals surface area contributed by atoms with Crippen molar-refractivity contribution in [3.63, 3.8) is 0 Å². The number of fused-ring (bicyclic) bond motifs is 4. The monoisotopic (exact) mass is 754 g/mol. The molecule has 1 N–H and O–H groups in total. The smallest absolute Gasteiger partial charge is 0.433 e. The zero-order chi connectivity index (χ0) is 38.6. The van der Waals surface area contributed by atoms with Gasteiger partial charge in [0.05, 0.1) is 41.6 Å². The first-order valence-corrected chi connectivity index (χ1v) is 15.7. The third kappa shape index (κ3) is 5.71. The van der Waals surface area contributed by atoms with Crippen LogP contribution in [0.25, 0.3) is 22.3 Å². The van der Waals surface area contributed by atoms with E-state index in [9.17, 15) is 54.2 Å². The molecule has 1 saturated heterocycles. The topological polar surface area (TPSA) is 89.0 Å². The number of carbonyl (C=O) groups is 2. The Morgan fingerprint density at radius 1 is 0.906 bits per heavy atom. The van der Waals surface area contributed by atoms with E-state index in [2.05, 4.69) is 4.98 Å². The standard InChI is InChI=1S/C36H24F10N2O5/c1-16-9-17(30(49)50)3-4-20(16)22-13-23(28(52-2)14-26(22)37)21-5-6-29(36(44,45)46)47-27(21)15-48-31(51)53-33(32(48)7-8-32)24-11-18(34(38,39)40)10-19(12-25(24)33)35(41,42)43/h3-6,9-14,24H,7-8,15H2,1-2H3,(H,49,50)/t24?,33-/m1/s1. The molecule has 2 atom stereocenters. The summed E-state index contributed by atoms with van der Waals surface area (Å²) in [6.07, 6.45) is -15.5. The van der Waals surface area contributed by atoms with E-state index in [1.807, 2.05) is 0 Å². The number of aromatic nitrogens is 1. The average Bonchev–Trinajstić information content (AvgIpc) is 3.96. The summed E-state index contributed by atoms with van der Waals surface area (Å²) in [4.78, 5) is 29.8. The lowest BCUT2D eigenvalue weighted by Crippen LogP contribution is -2.41. The van der Waals surface area contributed by atoms with Gasteiger partial charge < -0.3 is 14.6 Å². The van der Waals surface area contributed by atoms with Crippen LogP contribution in [0.2, 0.25) is 0 Å². The third-order valence-electron chi connectivity index (χ3n) is 10.1. The van der Waals surface area contributed by atoms with Gasteiger partial charge >= 0.3 is 30.6 Å². The molecule has 1 amide bonds. The molecule has 4 aliphatic rings. The Kier molecular flexibility index (Phi) is 7.87. The van der Waals surface area contributed by atoms with E-state index in [4.69, 9.17) is 9.47 Å². The number of ether oxygens (including phenoxy) is 2. The molecule has 1 aliphatic heterocycles. The van der Waals surface area contributed by atoms with Crippen molar-refractivity contribution in [2.24, 2.45) is 5.92 Å². The number of hydrogen-bond acceptors (Lipinski definition) is 5. The number of aromatic carboxylic acids is 1. The highest BCUT2D eigenvalue weighted by Crippen LogP contribution is 2.74. The number of nitrogens with zero attached hydrogens (tertiary/aromatic N) is 2. The minimum absolute atomic E-state index is 0.00551. The number of hydrogen-bond donors (Lipinski definition) is 1. The van der Waals surface area contributed by atoms with Crippen molar-refractivity contribution in [3.8, 4) is 28.0 Å². The van der Waals surface area contributed by atoms with Crippen LogP contribution in [0.4, 0.5) is 48.7 Å². The molecule has 1 aromatic heterocycles. The van der Waals surface area contributed by atoms with E-state index in [0.29, 0.717) is 23.8 Å². The first-order valence-electron chi connectivity index (χ1n) is 15.7. The van der Waals surface area contributed by atoms with Gasteiger partial charge in [-0.1, -0.05) is 18.2 Å². The Bertz CT molecular complexity index is 2200. The number of halogens is 10. The Hall–Kier alpha value is -5.35. The van der Waals surface area contributed by atoms with Crippen molar-refractivity contribution in [2.45, 2.75) is 56.0 Å². The molecule has 3 fully saturated rings. The molecule has 1 unspecified atom stereocenters. The van der Waals surface area contributed by atoms with Crippen molar-refractivity contribution >= 4 is 12.1 Å². The largest absolute Gasteiger partial charge is 0.496 e. The second-order valence-electron chi connectivity index (χ2n) is 13.1. The van der Waals surface area contributed by atoms with Gasteiger partial charge in [-0.25, -0.2) is 19.0 Å². The molecular formula is C36H24F10N2O5. The van der Waals surface area contributed by atoms with Crippen LogP contribution in [0.15, 0.2) is 77.4 Å². The van der Waals surface area contributed by atoms with E-state index in [-0.39, 0.29) is 58.1 Å². The lowest BCUT2D eigenvalue weighted by molar-refractivity contribution is -0.141. The lowest BCUT2D eigenvalue weighted by Gasteiger charge is -2.26. The zero-order valence-electron chi connectivity index (χ0n) is 27.2. The molecule has 2 aromatic carbocycles. The van der Waals surface area contributed by atoms with Gasteiger partial charge in [-0.15, -0.1) is 0 Å².